The Morgan fingerprint density at radius 3 is 2.83 bits per heavy atom. The maximum absolute atomic E-state index is 11.9. The summed E-state index contributed by atoms with van der Waals surface area (Å²) in [5.74, 6) is 1.77. The van der Waals surface area contributed by atoms with E-state index in [1.165, 1.54) is 0 Å². The van der Waals surface area contributed by atoms with Gasteiger partial charge in [0.05, 0.1) is 24.7 Å². The van der Waals surface area contributed by atoms with Crippen LogP contribution in [-0.2, 0) is 11.3 Å². The molecule has 0 saturated carbocycles. The zero-order valence-corrected chi connectivity index (χ0v) is 12.7. The monoisotopic (exact) mass is 311 g/mol. The SMILES string of the molecule is COc1cccc(OCC(=O)NCc2nc3ccccc3[nH]2)c1. The molecular weight excluding hydrogens is 294 g/mol. The minimum atomic E-state index is -0.215. The summed E-state index contributed by atoms with van der Waals surface area (Å²) in [4.78, 5) is 19.4. The molecule has 1 amide bonds. The Hall–Kier alpha value is -3.02. The van der Waals surface area contributed by atoms with Gasteiger partial charge in [0, 0.05) is 6.07 Å². The highest BCUT2D eigenvalue weighted by Gasteiger charge is 2.06. The van der Waals surface area contributed by atoms with Gasteiger partial charge in [0.15, 0.2) is 6.61 Å². The summed E-state index contributed by atoms with van der Waals surface area (Å²) in [5.41, 5.74) is 1.83. The summed E-state index contributed by atoms with van der Waals surface area (Å²) in [6.07, 6.45) is 0. The van der Waals surface area contributed by atoms with Crippen LogP contribution in [0.2, 0.25) is 0 Å². The van der Waals surface area contributed by atoms with Gasteiger partial charge in [0.2, 0.25) is 0 Å². The molecule has 0 spiro atoms. The molecule has 0 aliphatic carbocycles. The van der Waals surface area contributed by atoms with Gasteiger partial charge in [-0.25, -0.2) is 4.98 Å². The molecule has 1 aromatic heterocycles. The molecule has 0 bridgehead atoms. The van der Waals surface area contributed by atoms with Crippen molar-refractivity contribution in [2.24, 2.45) is 0 Å². The van der Waals surface area contributed by atoms with E-state index < -0.39 is 0 Å². The summed E-state index contributed by atoms with van der Waals surface area (Å²) in [6, 6.07) is 14.8. The Kier molecular flexibility index (Phi) is 4.42. The minimum Gasteiger partial charge on any atom is -0.497 e. The number of carbonyl (C=O) groups excluding carboxylic acids is 1. The first-order chi connectivity index (χ1) is 11.2. The molecule has 0 atom stereocenters. The number of amides is 1. The number of benzene rings is 2. The zero-order chi connectivity index (χ0) is 16.1. The molecule has 2 N–H and O–H groups in total. The fourth-order valence-corrected chi connectivity index (χ4v) is 2.16. The van der Waals surface area contributed by atoms with Gasteiger partial charge in [-0.15, -0.1) is 0 Å². The van der Waals surface area contributed by atoms with Crippen LogP contribution in [0, 0.1) is 0 Å². The van der Waals surface area contributed by atoms with Gasteiger partial charge in [-0.1, -0.05) is 18.2 Å². The molecule has 0 aliphatic rings. The van der Waals surface area contributed by atoms with Crippen molar-refractivity contribution in [3.05, 3.63) is 54.4 Å². The standard InChI is InChI=1S/C17H17N3O3/c1-22-12-5-4-6-13(9-12)23-11-17(21)18-10-16-19-14-7-2-3-8-15(14)20-16/h2-9H,10-11H2,1H3,(H,18,21)(H,19,20). The van der Waals surface area contributed by atoms with Crippen molar-refractivity contribution >= 4 is 16.9 Å². The van der Waals surface area contributed by atoms with E-state index in [0.717, 1.165) is 11.0 Å². The molecule has 23 heavy (non-hydrogen) atoms. The minimum absolute atomic E-state index is 0.0621. The van der Waals surface area contributed by atoms with E-state index in [1.54, 1.807) is 25.3 Å². The summed E-state index contributed by atoms with van der Waals surface area (Å²) < 4.78 is 10.5. The third kappa shape index (κ3) is 3.79. The van der Waals surface area contributed by atoms with Crippen LogP contribution in [0.3, 0.4) is 0 Å². The van der Waals surface area contributed by atoms with Gasteiger partial charge in [0.25, 0.3) is 5.91 Å². The Morgan fingerprint density at radius 2 is 2.00 bits per heavy atom. The lowest BCUT2D eigenvalue weighted by Gasteiger charge is -2.07. The molecule has 6 heteroatoms. The van der Waals surface area contributed by atoms with Crippen molar-refractivity contribution in [1.82, 2.24) is 15.3 Å². The summed E-state index contributed by atoms with van der Waals surface area (Å²) in [5, 5.41) is 2.77. The van der Waals surface area contributed by atoms with E-state index in [2.05, 4.69) is 15.3 Å². The molecule has 0 aliphatic heterocycles. The number of carbonyl (C=O) groups is 1. The van der Waals surface area contributed by atoms with Crippen molar-refractivity contribution in [2.75, 3.05) is 13.7 Å². The van der Waals surface area contributed by atoms with Crippen LogP contribution in [-0.4, -0.2) is 29.6 Å². The normalized spacial score (nSPS) is 10.5. The lowest BCUT2D eigenvalue weighted by Crippen LogP contribution is -2.28. The predicted molar refractivity (Wildman–Crippen MR) is 86.4 cm³/mol. The Morgan fingerprint density at radius 1 is 1.17 bits per heavy atom. The third-order valence-electron chi connectivity index (χ3n) is 3.30. The molecule has 3 aromatic rings. The van der Waals surface area contributed by atoms with Crippen molar-refractivity contribution in [2.45, 2.75) is 6.54 Å². The van der Waals surface area contributed by atoms with Crippen LogP contribution in [0.4, 0.5) is 0 Å². The molecule has 2 aromatic carbocycles. The number of aromatic amines is 1. The number of nitrogens with zero attached hydrogens (tertiary/aromatic N) is 1. The van der Waals surface area contributed by atoms with Gasteiger partial charge >= 0.3 is 0 Å². The number of para-hydroxylation sites is 2. The summed E-state index contributed by atoms with van der Waals surface area (Å²) in [7, 11) is 1.58. The van der Waals surface area contributed by atoms with E-state index in [-0.39, 0.29) is 12.5 Å². The van der Waals surface area contributed by atoms with Gasteiger partial charge < -0.3 is 19.8 Å². The Labute approximate surface area is 133 Å². The van der Waals surface area contributed by atoms with Crippen molar-refractivity contribution in [1.29, 1.82) is 0 Å². The number of hydrogen-bond donors (Lipinski definition) is 2. The van der Waals surface area contributed by atoms with Crippen LogP contribution in [0.15, 0.2) is 48.5 Å². The predicted octanol–water partition coefficient (Wildman–Crippen LogP) is 2.27. The second-order valence-electron chi connectivity index (χ2n) is 4.95. The first kappa shape index (κ1) is 14.9. The van der Waals surface area contributed by atoms with E-state index in [4.69, 9.17) is 9.47 Å². The third-order valence-corrected chi connectivity index (χ3v) is 3.30. The Bertz CT molecular complexity index is 780. The number of imidazole rings is 1. The highest BCUT2D eigenvalue weighted by molar-refractivity contribution is 5.78. The topological polar surface area (TPSA) is 76.2 Å². The molecule has 118 valence electrons. The molecule has 0 fully saturated rings. The number of H-pyrrole nitrogens is 1. The number of hydrogen-bond acceptors (Lipinski definition) is 4. The smallest absolute Gasteiger partial charge is 0.258 e. The average Bonchev–Trinajstić information content (AvgIpc) is 3.01. The van der Waals surface area contributed by atoms with Crippen LogP contribution < -0.4 is 14.8 Å². The zero-order valence-electron chi connectivity index (χ0n) is 12.7. The van der Waals surface area contributed by atoms with Crippen LogP contribution >= 0.6 is 0 Å². The summed E-state index contributed by atoms with van der Waals surface area (Å²) in [6.45, 7) is 0.266. The molecule has 6 nitrogen and oxygen atoms in total. The van der Waals surface area contributed by atoms with Gasteiger partial charge in [-0.2, -0.15) is 0 Å². The van der Waals surface area contributed by atoms with Gasteiger partial charge in [-0.3, -0.25) is 4.79 Å². The maximum atomic E-state index is 11.9. The second kappa shape index (κ2) is 6.83. The lowest BCUT2D eigenvalue weighted by atomic mass is 10.3. The molecular formula is C17H17N3O3. The highest BCUT2D eigenvalue weighted by Crippen LogP contribution is 2.18. The van der Waals surface area contributed by atoms with Gasteiger partial charge in [-0.05, 0) is 24.3 Å². The first-order valence-corrected chi connectivity index (χ1v) is 7.22. The van der Waals surface area contributed by atoms with Crippen molar-refractivity contribution < 1.29 is 14.3 Å². The van der Waals surface area contributed by atoms with Crippen molar-refractivity contribution in [3.63, 3.8) is 0 Å². The summed E-state index contributed by atoms with van der Waals surface area (Å²) >= 11 is 0. The molecule has 1 heterocycles. The second-order valence-corrected chi connectivity index (χ2v) is 4.95. The number of aromatic nitrogens is 2. The average molecular weight is 311 g/mol. The van der Waals surface area contributed by atoms with Crippen LogP contribution in [0.5, 0.6) is 11.5 Å². The molecule has 0 radical (unpaired) electrons. The lowest BCUT2D eigenvalue weighted by molar-refractivity contribution is -0.123. The fraction of sp³-hybridized carbons (Fsp3) is 0.176. The maximum Gasteiger partial charge on any atom is 0.258 e. The highest BCUT2D eigenvalue weighted by atomic mass is 16.5. The van der Waals surface area contributed by atoms with E-state index in [0.29, 0.717) is 23.9 Å². The van der Waals surface area contributed by atoms with E-state index in [9.17, 15) is 4.79 Å². The number of rotatable bonds is 6. The van der Waals surface area contributed by atoms with E-state index in [1.807, 2.05) is 30.3 Å². The van der Waals surface area contributed by atoms with Crippen LogP contribution in [0.25, 0.3) is 11.0 Å². The number of fused-ring (bicyclic) bond motifs is 1. The van der Waals surface area contributed by atoms with E-state index >= 15 is 0 Å². The Balaban J connectivity index is 1.51. The number of methoxy groups -OCH3 is 1. The van der Waals surface area contributed by atoms with Crippen LogP contribution in [0.1, 0.15) is 5.82 Å². The molecule has 0 saturated heterocycles. The first-order valence-electron chi connectivity index (χ1n) is 7.22. The molecule has 0 unspecified atom stereocenters. The largest absolute Gasteiger partial charge is 0.497 e. The van der Waals surface area contributed by atoms with Crippen molar-refractivity contribution in [3.8, 4) is 11.5 Å². The molecule has 3 rings (SSSR count). The number of ether oxygens (including phenoxy) is 2. The number of nitrogens with one attached hydrogen (secondary N) is 2. The van der Waals surface area contributed by atoms with Gasteiger partial charge in [0.1, 0.15) is 17.3 Å². The quantitative estimate of drug-likeness (QED) is 0.732. The fourth-order valence-electron chi connectivity index (χ4n) is 2.16.